The van der Waals surface area contributed by atoms with Crippen molar-refractivity contribution in [3.05, 3.63) is 0 Å². The highest BCUT2D eigenvalue weighted by molar-refractivity contribution is 6.60. The second-order valence-electron chi connectivity index (χ2n) is 6.77. The Morgan fingerprint density at radius 3 is 1.75 bits per heavy atom. The first-order chi connectivity index (χ1) is 13.6. The zero-order valence-corrected chi connectivity index (χ0v) is 21.3. The van der Waals surface area contributed by atoms with Crippen molar-refractivity contribution in [1.29, 1.82) is 0 Å². The van der Waals surface area contributed by atoms with E-state index in [0.717, 1.165) is 38.8 Å². The standard InChI is InChI=1S/C20H46NO5Si2/c1-7-22-27(23-8-2)20(6)16-13-12-14-17-21-18-15-19-28(24-9-3,25-10-4)26-11-5/h20-21H,7-19H2,1-6H3. The summed E-state index contributed by atoms with van der Waals surface area (Å²) in [7, 11) is -3.58. The van der Waals surface area contributed by atoms with Gasteiger partial charge in [0.25, 0.3) is 0 Å². The maximum Gasteiger partial charge on any atom is 0.500 e. The summed E-state index contributed by atoms with van der Waals surface area (Å²) < 4.78 is 29.3. The normalized spacial score (nSPS) is 13.4. The topological polar surface area (TPSA) is 58.2 Å². The molecule has 8 heteroatoms. The van der Waals surface area contributed by atoms with Gasteiger partial charge in [-0.1, -0.05) is 19.8 Å². The van der Waals surface area contributed by atoms with Crippen LogP contribution < -0.4 is 5.32 Å². The van der Waals surface area contributed by atoms with Crippen molar-refractivity contribution in [2.24, 2.45) is 0 Å². The average Bonchev–Trinajstić information content (AvgIpc) is 2.67. The van der Waals surface area contributed by atoms with Crippen molar-refractivity contribution in [3.63, 3.8) is 0 Å². The van der Waals surface area contributed by atoms with Crippen LogP contribution in [0.1, 0.15) is 73.6 Å². The van der Waals surface area contributed by atoms with Crippen molar-refractivity contribution in [1.82, 2.24) is 5.32 Å². The van der Waals surface area contributed by atoms with Crippen LogP contribution in [-0.2, 0) is 22.1 Å². The first-order valence-electron chi connectivity index (χ1n) is 11.3. The lowest BCUT2D eigenvalue weighted by Crippen LogP contribution is -2.46. The summed E-state index contributed by atoms with van der Waals surface area (Å²) in [6, 6.07) is 0.882. The van der Waals surface area contributed by atoms with Crippen LogP contribution in [0.4, 0.5) is 0 Å². The zero-order valence-electron chi connectivity index (χ0n) is 19.3. The van der Waals surface area contributed by atoms with Gasteiger partial charge in [-0.05, 0) is 67.0 Å². The minimum absolute atomic E-state index is 0.548. The van der Waals surface area contributed by atoms with Gasteiger partial charge in [-0.25, -0.2) is 0 Å². The Morgan fingerprint density at radius 1 is 0.714 bits per heavy atom. The number of nitrogens with one attached hydrogen (secondary N) is 1. The molecule has 0 saturated carbocycles. The van der Waals surface area contributed by atoms with Crippen molar-refractivity contribution in [2.45, 2.75) is 85.2 Å². The third-order valence-corrected chi connectivity index (χ3v) is 9.79. The van der Waals surface area contributed by atoms with E-state index in [1.807, 2.05) is 34.6 Å². The van der Waals surface area contributed by atoms with Crippen LogP contribution in [0.5, 0.6) is 0 Å². The molecule has 0 aromatic heterocycles. The molecule has 0 spiro atoms. The van der Waals surface area contributed by atoms with Crippen LogP contribution >= 0.6 is 0 Å². The van der Waals surface area contributed by atoms with Crippen molar-refractivity contribution in [3.8, 4) is 0 Å². The quantitative estimate of drug-likeness (QED) is 0.211. The molecular weight excluding hydrogens is 390 g/mol. The van der Waals surface area contributed by atoms with Gasteiger partial charge in [-0.2, -0.15) is 0 Å². The molecule has 169 valence electrons. The molecular formula is C20H46NO5Si2. The molecule has 0 aliphatic carbocycles. The van der Waals surface area contributed by atoms with Gasteiger partial charge < -0.3 is 27.4 Å². The Morgan fingerprint density at radius 2 is 1.25 bits per heavy atom. The first-order valence-corrected chi connectivity index (χ1v) is 14.7. The van der Waals surface area contributed by atoms with E-state index in [9.17, 15) is 0 Å². The molecule has 0 fully saturated rings. The second-order valence-corrected chi connectivity index (χ2v) is 11.7. The molecule has 0 aromatic carbocycles. The molecule has 1 unspecified atom stereocenters. The maximum absolute atomic E-state index is 5.89. The van der Waals surface area contributed by atoms with E-state index < -0.39 is 18.1 Å². The highest BCUT2D eigenvalue weighted by Crippen LogP contribution is 2.20. The molecule has 0 heterocycles. The molecule has 0 aliphatic heterocycles. The molecule has 0 rings (SSSR count). The van der Waals surface area contributed by atoms with Gasteiger partial charge in [0.05, 0.1) is 0 Å². The van der Waals surface area contributed by atoms with Crippen LogP contribution in [0.25, 0.3) is 0 Å². The molecule has 1 atom stereocenters. The van der Waals surface area contributed by atoms with Crippen LogP contribution in [0.3, 0.4) is 0 Å². The predicted octanol–water partition coefficient (Wildman–Crippen LogP) is 4.53. The van der Waals surface area contributed by atoms with Gasteiger partial charge in [0.1, 0.15) is 0 Å². The molecule has 6 nitrogen and oxygen atoms in total. The fourth-order valence-electron chi connectivity index (χ4n) is 3.16. The fourth-order valence-corrected chi connectivity index (χ4v) is 7.44. The summed E-state index contributed by atoms with van der Waals surface area (Å²) in [6.45, 7) is 17.9. The zero-order chi connectivity index (χ0) is 21.1. The van der Waals surface area contributed by atoms with E-state index in [1.54, 1.807) is 0 Å². The summed E-state index contributed by atoms with van der Waals surface area (Å²) in [6.07, 6.45) is 5.92. The Balaban J connectivity index is 3.84. The highest BCUT2D eigenvalue weighted by Gasteiger charge is 2.39. The number of rotatable bonds is 21. The SMILES string of the molecule is CCO[Si](OCC)C(C)CCCCCNCCC[Si](OCC)(OCC)OCC. The van der Waals surface area contributed by atoms with E-state index in [1.165, 1.54) is 25.7 Å². The van der Waals surface area contributed by atoms with Gasteiger partial charge in [-0.3, -0.25) is 0 Å². The average molecular weight is 437 g/mol. The lowest BCUT2D eigenvalue weighted by Gasteiger charge is -2.28. The maximum atomic E-state index is 5.89. The fraction of sp³-hybridized carbons (Fsp3) is 1.00. The van der Waals surface area contributed by atoms with Crippen molar-refractivity contribution >= 4 is 18.1 Å². The Bertz CT molecular complexity index is 317. The highest BCUT2D eigenvalue weighted by atomic mass is 28.4. The van der Waals surface area contributed by atoms with E-state index in [0.29, 0.717) is 25.4 Å². The molecule has 0 aliphatic rings. The van der Waals surface area contributed by atoms with Gasteiger partial charge in [0.2, 0.25) is 0 Å². The summed E-state index contributed by atoms with van der Waals surface area (Å²) in [5.74, 6) is 0. The van der Waals surface area contributed by atoms with Crippen LogP contribution in [-0.4, -0.2) is 64.2 Å². The minimum Gasteiger partial charge on any atom is -0.393 e. The molecule has 0 aromatic rings. The monoisotopic (exact) mass is 436 g/mol. The second kappa shape index (κ2) is 19.2. The number of unbranched alkanes of at least 4 members (excludes halogenated alkanes) is 2. The predicted molar refractivity (Wildman–Crippen MR) is 120 cm³/mol. The largest absolute Gasteiger partial charge is 0.500 e. The molecule has 1 radical (unpaired) electrons. The third kappa shape index (κ3) is 13.4. The molecule has 0 amide bonds. The molecule has 0 saturated heterocycles. The van der Waals surface area contributed by atoms with Crippen molar-refractivity contribution < 1.29 is 22.1 Å². The summed E-state index contributed by atoms with van der Waals surface area (Å²) >= 11 is 0. The van der Waals surface area contributed by atoms with E-state index in [4.69, 9.17) is 22.1 Å². The molecule has 1 N–H and O–H groups in total. The van der Waals surface area contributed by atoms with E-state index in [-0.39, 0.29) is 0 Å². The third-order valence-electron chi connectivity index (χ3n) is 4.40. The van der Waals surface area contributed by atoms with E-state index in [2.05, 4.69) is 12.2 Å². The smallest absolute Gasteiger partial charge is 0.393 e. The molecule has 0 bridgehead atoms. The molecule has 28 heavy (non-hydrogen) atoms. The lowest BCUT2D eigenvalue weighted by molar-refractivity contribution is 0.0708. The van der Waals surface area contributed by atoms with Gasteiger partial charge >= 0.3 is 18.1 Å². The van der Waals surface area contributed by atoms with Crippen molar-refractivity contribution in [2.75, 3.05) is 46.1 Å². The minimum atomic E-state index is -2.47. The summed E-state index contributed by atoms with van der Waals surface area (Å²) in [5.41, 5.74) is 0.548. The Labute approximate surface area is 177 Å². The van der Waals surface area contributed by atoms with Crippen LogP contribution in [0, 0.1) is 0 Å². The van der Waals surface area contributed by atoms with Gasteiger partial charge in [0.15, 0.2) is 0 Å². The number of hydrogen-bond donors (Lipinski definition) is 1. The summed E-state index contributed by atoms with van der Waals surface area (Å²) in [5, 5.41) is 3.55. The van der Waals surface area contributed by atoms with Crippen LogP contribution in [0.2, 0.25) is 11.6 Å². The van der Waals surface area contributed by atoms with Gasteiger partial charge in [0, 0.05) is 44.6 Å². The van der Waals surface area contributed by atoms with E-state index >= 15 is 0 Å². The summed E-state index contributed by atoms with van der Waals surface area (Å²) in [4.78, 5) is 0. The Hall–Kier alpha value is 0.194. The van der Waals surface area contributed by atoms with Gasteiger partial charge in [-0.15, -0.1) is 0 Å². The lowest BCUT2D eigenvalue weighted by atomic mass is 10.1. The first kappa shape index (κ1) is 28.2. The number of hydrogen-bond acceptors (Lipinski definition) is 6. The Kier molecular flexibility index (Phi) is 19.3. The van der Waals surface area contributed by atoms with Crippen LogP contribution in [0.15, 0.2) is 0 Å².